The number of esters is 1. The Labute approximate surface area is 166 Å². The first kappa shape index (κ1) is 21.6. The van der Waals surface area contributed by atoms with Crippen LogP contribution in [0.1, 0.15) is 17.5 Å². The summed E-state index contributed by atoms with van der Waals surface area (Å²) in [5.41, 5.74) is 1.86. The molecule has 0 heterocycles. The van der Waals surface area contributed by atoms with Crippen LogP contribution in [0, 0.1) is 0 Å². The Kier molecular flexibility index (Phi) is 8.19. The van der Waals surface area contributed by atoms with E-state index in [0.717, 1.165) is 11.1 Å². The van der Waals surface area contributed by atoms with Gasteiger partial charge >= 0.3 is 5.97 Å². The lowest BCUT2D eigenvalue weighted by Gasteiger charge is -2.21. The monoisotopic (exact) mass is 403 g/mol. The maximum Gasteiger partial charge on any atom is 0.325 e. The summed E-state index contributed by atoms with van der Waals surface area (Å²) in [6.07, 6.45) is 1.07. The lowest BCUT2D eigenvalue weighted by Crippen LogP contribution is -2.39. The highest BCUT2D eigenvalue weighted by molar-refractivity contribution is 7.92. The molecular weight excluding hydrogens is 378 g/mol. The standard InChI is InChI=1S/C21H25NO5S/c1-27-21(24)16-22(15-19-11-6-3-7-12-19)20(23)17-28(25,26)14-8-13-18-9-4-2-5-10-18/h2-7,9-12H,8,13-17H2,1H3. The minimum Gasteiger partial charge on any atom is -0.468 e. The molecule has 2 rings (SSSR count). The van der Waals surface area contributed by atoms with E-state index >= 15 is 0 Å². The molecule has 28 heavy (non-hydrogen) atoms. The number of carbonyl (C=O) groups excluding carboxylic acids is 2. The fourth-order valence-electron chi connectivity index (χ4n) is 2.75. The third-order valence-corrected chi connectivity index (χ3v) is 5.82. The van der Waals surface area contributed by atoms with Gasteiger partial charge in [0.1, 0.15) is 12.3 Å². The summed E-state index contributed by atoms with van der Waals surface area (Å²) in [6.45, 7) is -0.141. The molecule has 0 radical (unpaired) electrons. The van der Waals surface area contributed by atoms with Gasteiger partial charge in [0.2, 0.25) is 5.91 Å². The molecule has 0 saturated heterocycles. The Balaban J connectivity index is 1.96. The first-order valence-corrected chi connectivity index (χ1v) is 10.8. The lowest BCUT2D eigenvalue weighted by atomic mass is 10.1. The zero-order valence-corrected chi connectivity index (χ0v) is 16.7. The number of ether oxygens (including phenoxy) is 1. The topological polar surface area (TPSA) is 80.8 Å². The number of hydrogen-bond donors (Lipinski definition) is 0. The SMILES string of the molecule is COC(=O)CN(Cc1ccccc1)C(=O)CS(=O)(=O)CCCc1ccccc1. The van der Waals surface area contributed by atoms with E-state index < -0.39 is 27.5 Å². The van der Waals surface area contributed by atoms with Crippen molar-refractivity contribution in [2.75, 3.05) is 25.2 Å². The fraction of sp³-hybridized carbons (Fsp3) is 0.333. The van der Waals surface area contributed by atoms with Crippen molar-refractivity contribution in [3.05, 3.63) is 71.8 Å². The van der Waals surface area contributed by atoms with E-state index in [4.69, 9.17) is 0 Å². The number of rotatable bonds is 10. The highest BCUT2D eigenvalue weighted by Gasteiger charge is 2.24. The van der Waals surface area contributed by atoms with Crippen molar-refractivity contribution in [3.63, 3.8) is 0 Å². The average Bonchev–Trinajstić information content (AvgIpc) is 2.68. The number of amides is 1. The summed E-state index contributed by atoms with van der Waals surface area (Å²) < 4.78 is 29.4. The third kappa shape index (κ3) is 7.52. The van der Waals surface area contributed by atoms with E-state index in [0.29, 0.717) is 12.8 Å². The van der Waals surface area contributed by atoms with Crippen molar-refractivity contribution < 1.29 is 22.7 Å². The molecule has 0 bridgehead atoms. The van der Waals surface area contributed by atoms with Crippen LogP contribution in [-0.2, 0) is 37.1 Å². The van der Waals surface area contributed by atoms with Gasteiger partial charge in [0.25, 0.3) is 0 Å². The molecule has 0 aliphatic carbocycles. The van der Waals surface area contributed by atoms with E-state index in [1.807, 2.05) is 60.7 Å². The van der Waals surface area contributed by atoms with Gasteiger partial charge in [0.05, 0.1) is 12.9 Å². The van der Waals surface area contributed by atoms with Gasteiger partial charge in [-0.05, 0) is 24.0 Å². The van der Waals surface area contributed by atoms with Gasteiger partial charge in [-0.3, -0.25) is 9.59 Å². The maximum atomic E-state index is 12.6. The number of aryl methyl sites for hydroxylation is 1. The molecule has 0 fully saturated rings. The highest BCUT2D eigenvalue weighted by atomic mass is 32.2. The van der Waals surface area contributed by atoms with Crippen molar-refractivity contribution in [1.82, 2.24) is 4.90 Å². The Morgan fingerprint density at radius 3 is 2.07 bits per heavy atom. The first-order chi connectivity index (χ1) is 13.4. The van der Waals surface area contributed by atoms with E-state index in [-0.39, 0.29) is 18.8 Å². The molecule has 0 aliphatic heterocycles. The molecule has 7 heteroatoms. The van der Waals surface area contributed by atoms with Crippen molar-refractivity contribution in [3.8, 4) is 0 Å². The van der Waals surface area contributed by atoms with Crippen molar-refractivity contribution >= 4 is 21.7 Å². The van der Waals surface area contributed by atoms with Crippen LogP contribution in [0.5, 0.6) is 0 Å². The number of sulfone groups is 1. The maximum absolute atomic E-state index is 12.6. The van der Waals surface area contributed by atoms with Gasteiger partial charge in [0, 0.05) is 6.54 Å². The predicted molar refractivity (Wildman–Crippen MR) is 107 cm³/mol. The highest BCUT2D eigenvalue weighted by Crippen LogP contribution is 2.09. The summed E-state index contributed by atoms with van der Waals surface area (Å²) >= 11 is 0. The Morgan fingerprint density at radius 2 is 1.50 bits per heavy atom. The number of methoxy groups -OCH3 is 1. The quantitative estimate of drug-likeness (QED) is 0.569. The summed E-state index contributed by atoms with van der Waals surface area (Å²) in [6, 6.07) is 18.7. The molecule has 0 saturated carbocycles. The minimum atomic E-state index is -3.57. The van der Waals surface area contributed by atoms with E-state index in [1.54, 1.807) is 0 Å². The zero-order valence-electron chi connectivity index (χ0n) is 15.9. The molecule has 6 nitrogen and oxygen atoms in total. The van der Waals surface area contributed by atoms with Crippen molar-refractivity contribution in [2.24, 2.45) is 0 Å². The van der Waals surface area contributed by atoms with Gasteiger partial charge in [-0.15, -0.1) is 0 Å². The Morgan fingerprint density at radius 1 is 0.929 bits per heavy atom. The van der Waals surface area contributed by atoms with Gasteiger partial charge in [-0.1, -0.05) is 60.7 Å². The largest absolute Gasteiger partial charge is 0.468 e. The van der Waals surface area contributed by atoms with Crippen LogP contribution in [0.25, 0.3) is 0 Å². The van der Waals surface area contributed by atoms with Gasteiger partial charge in [-0.25, -0.2) is 8.42 Å². The summed E-state index contributed by atoms with van der Waals surface area (Å²) in [7, 11) is -2.34. The molecule has 2 aromatic rings. The zero-order chi connectivity index (χ0) is 20.4. The second-order valence-electron chi connectivity index (χ2n) is 6.49. The Bertz CT molecular complexity index is 866. The second kappa shape index (κ2) is 10.6. The molecular formula is C21H25NO5S. The predicted octanol–water partition coefficient (Wildman–Crippen LogP) is 2.24. The van der Waals surface area contributed by atoms with Crippen LogP contribution in [0.2, 0.25) is 0 Å². The van der Waals surface area contributed by atoms with Crippen LogP contribution in [0.15, 0.2) is 60.7 Å². The normalized spacial score (nSPS) is 11.0. The molecule has 2 aromatic carbocycles. The molecule has 1 amide bonds. The third-order valence-electron chi connectivity index (χ3n) is 4.22. The number of nitrogens with zero attached hydrogens (tertiary/aromatic N) is 1. The molecule has 0 aliphatic rings. The van der Waals surface area contributed by atoms with Gasteiger partial charge in [0.15, 0.2) is 9.84 Å². The first-order valence-electron chi connectivity index (χ1n) is 9.02. The summed E-state index contributed by atoms with van der Waals surface area (Å²) in [5.74, 6) is -1.89. The number of benzene rings is 2. The van der Waals surface area contributed by atoms with Crippen LogP contribution in [-0.4, -0.2) is 50.4 Å². The fourth-order valence-corrected chi connectivity index (χ4v) is 4.04. The van der Waals surface area contributed by atoms with Gasteiger partial charge in [-0.2, -0.15) is 0 Å². The summed E-state index contributed by atoms with van der Waals surface area (Å²) in [5, 5.41) is 0. The van der Waals surface area contributed by atoms with Crippen LogP contribution in [0.3, 0.4) is 0 Å². The molecule has 0 N–H and O–H groups in total. The van der Waals surface area contributed by atoms with Crippen molar-refractivity contribution in [1.29, 1.82) is 0 Å². The van der Waals surface area contributed by atoms with Crippen molar-refractivity contribution in [2.45, 2.75) is 19.4 Å². The van der Waals surface area contributed by atoms with E-state index in [9.17, 15) is 18.0 Å². The molecule has 0 atom stereocenters. The van der Waals surface area contributed by atoms with Gasteiger partial charge < -0.3 is 9.64 Å². The molecule has 0 aromatic heterocycles. The number of hydrogen-bond acceptors (Lipinski definition) is 5. The smallest absolute Gasteiger partial charge is 0.325 e. The van der Waals surface area contributed by atoms with Crippen LogP contribution >= 0.6 is 0 Å². The molecule has 0 unspecified atom stereocenters. The Hall–Kier alpha value is -2.67. The molecule has 150 valence electrons. The summed E-state index contributed by atoms with van der Waals surface area (Å²) in [4.78, 5) is 25.5. The second-order valence-corrected chi connectivity index (χ2v) is 8.68. The van der Waals surface area contributed by atoms with Crippen LogP contribution < -0.4 is 0 Å². The van der Waals surface area contributed by atoms with Crippen LogP contribution in [0.4, 0.5) is 0 Å². The molecule has 0 spiro atoms. The number of carbonyl (C=O) groups is 2. The van der Waals surface area contributed by atoms with E-state index in [1.165, 1.54) is 12.0 Å². The lowest BCUT2D eigenvalue weighted by molar-refractivity contribution is -0.146. The average molecular weight is 404 g/mol. The minimum absolute atomic E-state index is 0.0783. The van der Waals surface area contributed by atoms with E-state index in [2.05, 4.69) is 4.74 Å².